The topological polar surface area (TPSA) is 57.4 Å². The normalized spacial score (nSPS) is 13.1. The van der Waals surface area contributed by atoms with Crippen LogP contribution >= 0.6 is 11.6 Å². The van der Waals surface area contributed by atoms with E-state index in [0.29, 0.717) is 5.56 Å². The molecule has 0 aromatic heterocycles. The molecule has 2 aromatic carbocycles. The zero-order valence-electron chi connectivity index (χ0n) is 13.5. The summed E-state index contributed by atoms with van der Waals surface area (Å²) in [4.78, 5) is 4.50. The van der Waals surface area contributed by atoms with Crippen molar-refractivity contribution in [1.82, 2.24) is 5.32 Å². The first kappa shape index (κ1) is 16.4. The van der Waals surface area contributed by atoms with E-state index in [1.165, 1.54) is 0 Å². The maximum absolute atomic E-state index is 9.11. The highest BCUT2D eigenvalue weighted by Gasteiger charge is 2.15. The van der Waals surface area contributed by atoms with Gasteiger partial charge in [0.25, 0.3) is 0 Å². The number of hydrogen-bond donors (Lipinski definition) is 1. The number of nitriles is 1. The van der Waals surface area contributed by atoms with Crippen LogP contribution in [0.2, 0.25) is 5.02 Å². The summed E-state index contributed by atoms with van der Waals surface area (Å²) in [6.07, 6.45) is 1.49. The molecule has 1 aliphatic heterocycles. The molecule has 5 heteroatoms. The summed E-state index contributed by atoms with van der Waals surface area (Å²) in [5, 5.41) is 13.1. The molecule has 1 N–H and O–H groups in total. The molecule has 2 aromatic rings. The van der Waals surface area contributed by atoms with Crippen LogP contribution < -0.4 is 10.1 Å². The van der Waals surface area contributed by atoms with Gasteiger partial charge in [0.2, 0.25) is 0 Å². The lowest BCUT2D eigenvalue weighted by Crippen LogP contribution is -2.21. The Kier molecular flexibility index (Phi) is 5.02. The van der Waals surface area contributed by atoms with E-state index in [9.17, 15) is 0 Å². The Bertz CT molecular complexity index is 824. The zero-order valence-corrected chi connectivity index (χ0v) is 14.2. The van der Waals surface area contributed by atoms with Crippen LogP contribution in [-0.2, 0) is 12.8 Å². The predicted molar refractivity (Wildman–Crippen MR) is 96.0 cm³/mol. The minimum Gasteiger partial charge on any atom is -0.496 e. The molecule has 0 fully saturated rings. The second-order valence-electron chi connectivity index (χ2n) is 5.56. The van der Waals surface area contributed by atoms with Gasteiger partial charge in [-0.2, -0.15) is 5.26 Å². The van der Waals surface area contributed by atoms with Gasteiger partial charge >= 0.3 is 0 Å². The zero-order chi connectivity index (χ0) is 16.9. The number of aryl methyl sites for hydroxylation is 1. The average Bonchev–Trinajstić information content (AvgIpc) is 3.14. The molecule has 3 rings (SSSR count). The molecule has 4 nitrogen and oxygen atoms in total. The number of benzene rings is 2. The summed E-state index contributed by atoms with van der Waals surface area (Å²) in [6.45, 7) is 1.65. The first-order valence-electron chi connectivity index (χ1n) is 7.86. The fourth-order valence-electron chi connectivity index (χ4n) is 2.92. The van der Waals surface area contributed by atoms with Crippen LogP contribution in [0.4, 0.5) is 0 Å². The molecule has 1 aliphatic rings. The fraction of sp³-hybridized carbons (Fsp3) is 0.263. The average molecular weight is 340 g/mol. The quantitative estimate of drug-likeness (QED) is 0.908. The fourth-order valence-corrected chi connectivity index (χ4v) is 3.19. The Hall–Kier alpha value is -2.51. The third-order valence-corrected chi connectivity index (χ3v) is 4.46. The van der Waals surface area contributed by atoms with Crippen molar-refractivity contribution in [1.29, 1.82) is 5.26 Å². The molecule has 1 heterocycles. The SMILES string of the molecule is COc1ccc(C#N)cc1CCc1c(Cl)cccc1C1=NCCN1. The Labute approximate surface area is 146 Å². The number of halogens is 1. The smallest absolute Gasteiger partial charge is 0.128 e. The van der Waals surface area contributed by atoms with E-state index in [0.717, 1.165) is 59.2 Å². The van der Waals surface area contributed by atoms with Crippen LogP contribution in [0.15, 0.2) is 41.4 Å². The van der Waals surface area contributed by atoms with Gasteiger partial charge in [0.05, 0.1) is 25.3 Å². The highest BCUT2D eigenvalue weighted by molar-refractivity contribution is 6.32. The van der Waals surface area contributed by atoms with E-state index in [4.69, 9.17) is 21.6 Å². The van der Waals surface area contributed by atoms with E-state index < -0.39 is 0 Å². The monoisotopic (exact) mass is 339 g/mol. The molecule has 0 unspecified atom stereocenters. The highest BCUT2D eigenvalue weighted by atomic mass is 35.5. The molecule has 0 atom stereocenters. The van der Waals surface area contributed by atoms with Gasteiger partial charge in [0.1, 0.15) is 11.6 Å². The van der Waals surface area contributed by atoms with Crippen LogP contribution in [0, 0.1) is 11.3 Å². The number of ether oxygens (including phenoxy) is 1. The van der Waals surface area contributed by atoms with Gasteiger partial charge in [0.15, 0.2) is 0 Å². The Balaban J connectivity index is 1.89. The largest absolute Gasteiger partial charge is 0.496 e. The lowest BCUT2D eigenvalue weighted by molar-refractivity contribution is 0.409. The van der Waals surface area contributed by atoms with Crippen molar-refractivity contribution in [3.8, 4) is 11.8 Å². The van der Waals surface area contributed by atoms with Gasteiger partial charge in [-0.25, -0.2) is 0 Å². The molecule has 0 amide bonds. The molecule has 0 bridgehead atoms. The number of hydrogen-bond acceptors (Lipinski definition) is 4. The van der Waals surface area contributed by atoms with Crippen molar-refractivity contribution >= 4 is 17.4 Å². The molecular weight excluding hydrogens is 322 g/mol. The molecule has 24 heavy (non-hydrogen) atoms. The summed E-state index contributed by atoms with van der Waals surface area (Å²) < 4.78 is 5.42. The first-order valence-corrected chi connectivity index (χ1v) is 8.24. The standard InChI is InChI=1S/C19H18ClN3O/c1-24-18-8-5-13(12-21)11-14(18)6-7-15-16(3-2-4-17(15)20)19-22-9-10-23-19/h2-5,8,11H,6-7,9-10H2,1H3,(H,22,23). The van der Waals surface area contributed by atoms with Crippen LogP contribution in [0.25, 0.3) is 0 Å². The third-order valence-electron chi connectivity index (χ3n) is 4.10. The van der Waals surface area contributed by atoms with Gasteiger partial charge < -0.3 is 10.1 Å². The van der Waals surface area contributed by atoms with Crippen molar-refractivity contribution in [2.75, 3.05) is 20.2 Å². The summed E-state index contributed by atoms with van der Waals surface area (Å²) >= 11 is 6.44. The van der Waals surface area contributed by atoms with Crippen LogP contribution in [0.5, 0.6) is 5.75 Å². The van der Waals surface area contributed by atoms with Gasteiger partial charge in [-0.05, 0) is 48.2 Å². The predicted octanol–water partition coefficient (Wildman–Crippen LogP) is 3.36. The van der Waals surface area contributed by atoms with Gasteiger partial charge in [-0.15, -0.1) is 0 Å². The molecule has 0 saturated heterocycles. The van der Waals surface area contributed by atoms with E-state index in [2.05, 4.69) is 16.4 Å². The first-order chi connectivity index (χ1) is 11.7. The molecule has 0 radical (unpaired) electrons. The molecule has 0 saturated carbocycles. The maximum Gasteiger partial charge on any atom is 0.128 e. The second-order valence-corrected chi connectivity index (χ2v) is 5.97. The van der Waals surface area contributed by atoms with Crippen LogP contribution in [0.3, 0.4) is 0 Å². The Morgan fingerprint density at radius 3 is 2.88 bits per heavy atom. The number of nitrogens with zero attached hydrogens (tertiary/aromatic N) is 2. The van der Waals surface area contributed by atoms with Crippen molar-refractivity contribution in [2.45, 2.75) is 12.8 Å². The van der Waals surface area contributed by atoms with Gasteiger partial charge in [0, 0.05) is 17.1 Å². The number of nitrogens with one attached hydrogen (secondary N) is 1. The number of rotatable bonds is 5. The Morgan fingerprint density at radius 1 is 1.29 bits per heavy atom. The molecule has 122 valence electrons. The van der Waals surface area contributed by atoms with Crippen LogP contribution in [-0.4, -0.2) is 26.0 Å². The van der Waals surface area contributed by atoms with Crippen LogP contribution in [0.1, 0.15) is 22.3 Å². The van der Waals surface area contributed by atoms with Gasteiger partial charge in [-0.1, -0.05) is 23.7 Å². The third kappa shape index (κ3) is 3.37. The summed E-state index contributed by atoms with van der Waals surface area (Å²) in [7, 11) is 1.64. The van der Waals surface area contributed by atoms with E-state index in [1.807, 2.05) is 30.3 Å². The number of amidine groups is 1. The van der Waals surface area contributed by atoms with Crippen molar-refractivity contribution in [2.24, 2.45) is 4.99 Å². The maximum atomic E-state index is 9.11. The molecule has 0 aliphatic carbocycles. The van der Waals surface area contributed by atoms with Crippen molar-refractivity contribution < 1.29 is 4.74 Å². The van der Waals surface area contributed by atoms with E-state index in [-0.39, 0.29) is 0 Å². The number of aliphatic imine (C=N–C) groups is 1. The minimum absolute atomic E-state index is 0.631. The van der Waals surface area contributed by atoms with E-state index in [1.54, 1.807) is 13.2 Å². The van der Waals surface area contributed by atoms with Crippen molar-refractivity contribution in [3.63, 3.8) is 0 Å². The van der Waals surface area contributed by atoms with Gasteiger partial charge in [-0.3, -0.25) is 4.99 Å². The molecular formula is C19H18ClN3O. The number of methoxy groups -OCH3 is 1. The summed E-state index contributed by atoms with van der Waals surface area (Å²) in [6, 6.07) is 13.5. The molecule has 0 spiro atoms. The summed E-state index contributed by atoms with van der Waals surface area (Å²) in [5.74, 6) is 1.70. The highest BCUT2D eigenvalue weighted by Crippen LogP contribution is 2.26. The van der Waals surface area contributed by atoms with Crippen molar-refractivity contribution in [3.05, 3.63) is 63.7 Å². The van der Waals surface area contributed by atoms with E-state index >= 15 is 0 Å². The second kappa shape index (κ2) is 7.37. The Morgan fingerprint density at radius 2 is 2.17 bits per heavy atom. The lowest BCUT2D eigenvalue weighted by atomic mass is 9.97. The lowest BCUT2D eigenvalue weighted by Gasteiger charge is -2.13. The minimum atomic E-state index is 0.631. The summed E-state index contributed by atoms with van der Waals surface area (Å²) in [5.41, 5.74) is 3.75.